The molecule has 26 heavy (non-hydrogen) atoms. The molecule has 1 spiro atoms. The maximum atomic E-state index is 10.6. The Bertz CT molecular complexity index is 667. The molecule has 0 radical (unpaired) electrons. The largest absolute Gasteiger partial charge is 0.487 e. The highest BCUT2D eigenvalue weighted by atomic mass is 32.2. The minimum Gasteiger partial charge on any atom is -0.487 e. The van der Waals surface area contributed by atoms with Crippen molar-refractivity contribution in [1.82, 2.24) is 10.6 Å². The third kappa shape index (κ3) is 3.67. The molecule has 142 valence electrons. The van der Waals surface area contributed by atoms with Crippen LogP contribution in [-0.4, -0.2) is 47.4 Å². The molecule has 2 unspecified atom stereocenters. The minimum atomic E-state index is -0.622. The molecule has 1 aromatic rings. The van der Waals surface area contributed by atoms with E-state index >= 15 is 0 Å². The van der Waals surface area contributed by atoms with E-state index < -0.39 is 5.60 Å². The summed E-state index contributed by atoms with van der Waals surface area (Å²) in [4.78, 5) is 4.40. The van der Waals surface area contributed by atoms with E-state index in [-0.39, 0.29) is 11.6 Å². The molecule has 4 rings (SSSR count). The summed E-state index contributed by atoms with van der Waals surface area (Å²) in [6.45, 7) is 0.537. The quantitative estimate of drug-likeness (QED) is 0.560. The van der Waals surface area contributed by atoms with E-state index in [4.69, 9.17) is 4.74 Å². The number of para-hydroxylation sites is 1. The Kier molecular flexibility index (Phi) is 5.06. The monoisotopic (exact) mass is 375 g/mol. The molecule has 0 aromatic heterocycles. The molecule has 3 N–H and O–H groups in total. The number of hydrogen-bond acceptors (Lipinski definition) is 4. The number of aliphatic imine (C=N–C) groups is 1. The lowest BCUT2D eigenvalue weighted by molar-refractivity contribution is 0.0393. The van der Waals surface area contributed by atoms with Crippen LogP contribution in [0.3, 0.4) is 0 Å². The van der Waals surface area contributed by atoms with E-state index in [2.05, 4.69) is 33.8 Å². The van der Waals surface area contributed by atoms with E-state index in [1.54, 1.807) is 7.05 Å². The van der Waals surface area contributed by atoms with Gasteiger partial charge in [0.1, 0.15) is 11.4 Å². The van der Waals surface area contributed by atoms with Gasteiger partial charge in [-0.3, -0.25) is 4.99 Å². The molecule has 5 nitrogen and oxygen atoms in total. The first kappa shape index (κ1) is 18.0. The maximum Gasteiger partial charge on any atom is 0.191 e. The smallest absolute Gasteiger partial charge is 0.191 e. The first-order valence-corrected chi connectivity index (χ1v) is 10.8. The summed E-state index contributed by atoms with van der Waals surface area (Å²) >= 11 is 1.81. The molecule has 1 saturated heterocycles. The van der Waals surface area contributed by atoms with Crippen LogP contribution in [0.1, 0.15) is 50.1 Å². The first-order valence-electron chi connectivity index (χ1n) is 9.67. The van der Waals surface area contributed by atoms with Crippen molar-refractivity contribution in [3.63, 3.8) is 0 Å². The first-order chi connectivity index (χ1) is 12.6. The van der Waals surface area contributed by atoms with Gasteiger partial charge in [-0.2, -0.15) is 11.8 Å². The fourth-order valence-corrected chi connectivity index (χ4v) is 5.71. The lowest BCUT2D eigenvalue weighted by Gasteiger charge is -2.40. The molecule has 2 aliphatic heterocycles. The third-order valence-corrected chi connectivity index (χ3v) is 7.15. The minimum absolute atomic E-state index is 0.0365. The van der Waals surface area contributed by atoms with Gasteiger partial charge in [-0.05, 0) is 43.9 Å². The van der Waals surface area contributed by atoms with Crippen molar-refractivity contribution < 1.29 is 9.84 Å². The Labute approximate surface area is 160 Å². The molecular weight excluding hydrogens is 346 g/mol. The molecule has 1 saturated carbocycles. The van der Waals surface area contributed by atoms with E-state index in [0.717, 1.165) is 48.9 Å². The lowest BCUT2D eigenvalue weighted by atomic mass is 9.86. The Morgan fingerprint density at radius 1 is 1.31 bits per heavy atom. The van der Waals surface area contributed by atoms with Crippen molar-refractivity contribution in [2.45, 2.75) is 55.8 Å². The van der Waals surface area contributed by atoms with Crippen molar-refractivity contribution in [2.24, 2.45) is 4.99 Å². The van der Waals surface area contributed by atoms with Crippen LogP contribution in [0.2, 0.25) is 0 Å². The summed E-state index contributed by atoms with van der Waals surface area (Å²) in [5, 5.41) is 17.5. The van der Waals surface area contributed by atoms with Gasteiger partial charge in [0.15, 0.2) is 5.96 Å². The van der Waals surface area contributed by atoms with E-state index in [0.29, 0.717) is 6.54 Å². The zero-order valence-electron chi connectivity index (χ0n) is 15.5. The Balaban J connectivity index is 1.48. The van der Waals surface area contributed by atoms with Crippen molar-refractivity contribution in [2.75, 3.05) is 25.1 Å². The molecule has 0 bridgehead atoms. The van der Waals surface area contributed by atoms with Gasteiger partial charge in [0.2, 0.25) is 0 Å². The Morgan fingerprint density at radius 3 is 2.85 bits per heavy atom. The predicted octanol–water partition coefficient (Wildman–Crippen LogP) is 2.86. The highest BCUT2D eigenvalue weighted by molar-refractivity contribution is 7.99. The number of aliphatic hydroxyl groups is 1. The molecule has 0 amide bonds. The SMILES string of the molecule is CN=C(NCC1(O)CCSC1)NC1CC2(CCCC2)Oc2ccccc21. The fourth-order valence-electron chi connectivity index (χ4n) is 4.42. The van der Waals surface area contributed by atoms with Crippen LogP contribution in [0, 0.1) is 0 Å². The van der Waals surface area contributed by atoms with Crippen LogP contribution < -0.4 is 15.4 Å². The topological polar surface area (TPSA) is 65.9 Å². The average molecular weight is 376 g/mol. The Hall–Kier alpha value is -1.40. The highest BCUT2D eigenvalue weighted by Crippen LogP contribution is 2.46. The molecule has 3 aliphatic rings. The van der Waals surface area contributed by atoms with Gasteiger partial charge in [0.25, 0.3) is 0 Å². The van der Waals surface area contributed by atoms with Gasteiger partial charge in [0.05, 0.1) is 11.6 Å². The average Bonchev–Trinajstić information content (AvgIpc) is 3.28. The van der Waals surface area contributed by atoms with Crippen molar-refractivity contribution in [3.05, 3.63) is 29.8 Å². The zero-order chi connectivity index (χ0) is 18.0. The van der Waals surface area contributed by atoms with E-state index in [1.165, 1.54) is 18.4 Å². The van der Waals surface area contributed by atoms with Crippen LogP contribution in [-0.2, 0) is 0 Å². The summed E-state index contributed by atoms with van der Waals surface area (Å²) in [5.41, 5.74) is 0.538. The summed E-state index contributed by atoms with van der Waals surface area (Å²) in [6, 6.07) is 8.51. The molecule has 1 aliphatic carbocycles. The third-order valence-electron chi connectivity index (χ3n) is 5.91. The second kappa shape index (κ2) is 7.31. The van der Waals surface area contributed by atoms with Crippen LogP contribution in [0.15, 0.2) is 29.3 Å². The van der Waals surface area contributed by atoms with Crippen LogP contribution in [0.25, 0.3) is 0 Å². The molecule has 2 atom stereocenters. The second-order valence-electron chi connectivity index (χ2n) is 7.88. The second-order valence-corrected chi connectivity index (χ2v) is 8.99. The number of hydrogen-bond donors (Lipinski definition) is 3. The molecule has 2 heterocycles. The maximum absolute atomic E-state index is 10.6. The number of nitrogens with zero attached hydrogens (tertiary/aromatic N) is 1. The predicted molar refractivity (Wildman–Crippen MR) is 107 cm³/mol. The molecule has 2 fully saturated rings. The number of thioether (sulfide) groups is 1. The summed E-state index contributed by atoms with van der Waals surface area (Å²) < 4.78 is 6.44. The summed E-state index contributed by atoms with van der Waals surface area (Å²) in [6.07, 6.45) is 6.54. The number of rotatable bonds is 3. The number of ether oxygens (including phenoxy) is 1. The van der Waals surface area contributed by atoms with Crippen LogP contribution in [0.4, 0.5) is 0 Å². The Morgan fingerprint density at radius 2 is 2.12 bits per heavy atom. The number of fused-ring (bicyclic) bond motifs is 1. The number of nitrogens with one attached hydrogen (secondary N) is 2. The molecule has 6 heteroatoms. The van der Waals surface area contributed by atoms with E-state index in [9.17, 15) is 5.11 Å². The molecular formula is C20H29N3O2S. The van der Waals surface area contributed by atoms with Gasteiger partial charge < -0.3 is 20.5 Å². The van der Waals surface area contributed by atoms with Gasteiger partial charge in [-0.15, -0.1) is 0 Å². The number of benzene rings is 1. The zero-order valence-corrected chi connectivity index (χ0v) is 16.3. The van der Waals surface area contributed by atoms with Crippen molar-refractivity contribution >= 4 is 17.7 Å². The fraction of sp³-hybridized carbons (Fsp3) is 0.650. The van der Waals surface area contributed by atoms with E-state index in [1.807, 2.05) is 17.8 Å². The van der Waals surface area contributed by atoms with Crippen LogP contribution >= 0.6 is 11.8 Å². The standard InChI is InChI=1S/C20H29N3O2S/c1-21-18(22-13-19(24)10-11-26-14-19)23-16-12-20(8-4-5-9-20)25-17-7-3-2-6-15(16)17/h2-3,6-7,16,24H,4-5,8-14H2,1H3,(H2,21,22,23). The van der Waals surface area contributed by atoms with Gasteiger partial charge >= 0.3 is 0 Å². The van der Waals surface area contributed by atoms with Gasteiger partial charge in [0, 0.05) is 31.3 Å². The van der Waals surface area contributed by atoms with Gasteiger partial charge in [-0.25, -0.2) is 0 Å². The molecule has 1 aromatic carbocycles. The summed E-state index contributed by atoms with van der Waals surface area (Å²) in [5.74, 6) is 3.57. The lowest BCUT2D eigenvalue weighted by Crippen LogP contribution is -2.50. The normalized spacial score (nSPS) is 30.1. The van der Waals surface area contributed by atoms with Crippen molar-refractivity contribution in [1.29, 1.82) is 0 Å². The van der Waals surface area contributed by atoms with Crippen molar-refractivity contribution in [3.8, 4) is 5.75 Å². The highest BCUT2D eigenvalue weighted by Gasteiger charge is 2.43. The number of guanidine groups is 1. The van der Waals surface area contributed by atoms with Gasteiger partial charge in [-0.1, -0.05) is 18.2 Å². The summed E-state index contributed by atoms with van der Waals surface area (Å²) in [7, 11) is 1.79. The van der Waals surface area contributed by atoms with Crippen LogP contribution in [0.5, 0.6) is 5.75 Å².